The molecule has 0 atom stereocenters. The van der Waals surface area contributed by atoms with Crippen LogP contribution in [0.2, 0.25) is 0 Å². The molecule has 2 aliphatic carbocycles. The first-order valence-electron chi connectivity index (χ1n) is 17.9. The van der Waals surface area contributed by atoms with E-state index in [9.17, 15) is 0 Å². The van der Waals surface area contributed by atoms with Crippen molar-refractivity contribution >= 4 is 40.4 Å². The first-order chi connectivity index (χ1) is 24.8. The van der Waals surface area contributed by atoms with E-state index in [-0.39, 0.29) is 0 Å². The van der Waals surface area contributed by atoms with Crippen LogP contribution in [0, 0.1) is 0 Å². The molecule has 1 spiro atoms. The summed E-state index contributed by atoms with van der Waals surface area (Å²) in [5.74, 6) is 0. The average Bonchev–Trinajstić information content (AvgIpc) is 3.70. The Labute approximate surface area is 300 Å². The summed E-state index contributed by atoms with van der Waals surface area (Å²) < 4.78 is 12.8. The Balaban J connectivity index is 1.18. The molecule has 0 aromatic heterocycles. The summed E-state index contributed by atoms with van der Waals surface area (Å²) in [7, 11) is -0.418. The highest BCUT2D eigenvalue weighted by atomic mass is 16.7. The van der Waals surface area contributed by atoms with Gasteiger partial charge >= 0.3 is 7.12 Å². The van der Waals surface area contributed by atoms with Gasteiger partial charge in [-0.15, -0.1) is 0 Å². The minimum atomic E-state index is -0.418. The molecule has 3 nitrogen and oxygen atoms in total. The SMILES string of the molecule is CC1(C)OB(c2ccc(N(c3ccc4c(c3)C3(c5ccccc5-c5ccccc53)c3ccccc3-4)c3ccc4ccccc4c3)cc2)OC1(C)C. The Hall–Kier alpha value is -5.42. The van der Waals surface area contributed by atoms with Crippen LogP contribution in [0.4, 0.5) is 17.1 Å². The lowest BCUT2D eigenvalue weighted by Gasteiger charge is -2.32. The highest BCUT2D eigenvalue weighted by Gasteiger charge is 2.53. The molecule has 10 rings (SSSR count). The maximum absolute atomic E-state index is 6.42. The van der Waals surface area contributed by atoms with E-state index in [0.29, 0.717) is 0 Å². The van der Waals surface area contributed by atoms with Crippen LogP contribution in [0.3, 0.4) is 0 Å². The van der Waals surface area contributed by atoms with Crippen LogP contribution in [-0.4, -0.2) is 18.3 Å². The molecule has 0 saturated carbocycles. The number of anilines is 3. The molecule has 0 unspecified atom stereocenters. The lowest BCUT2D eigenvalue weighted by molar-refractivity contribution is 0.00578. The van der Waals surface area contributed by atoms with Crippen molar-refractivity contribution in [2.75, 3.05) is 4.90 Å². The zero-order valence-electron chi connectivity index (χ0n) is 29.4. The smallest absolute Gasteiger partial charge is 0.399 e. The standard InChI is InChI=1S/C47H38BNO2/c1-45(2)46(3,4)51-48(50-45)33-22-25-34(26-23-33)49(35-24-21-31-13-5-6-14-32(31)29-35)36-27-28-40-39-17-9-12-20-43(39)47(44(40)30-36)41-18-10-7-15-37(41)38-16-8-11-19-42(38)47/h5-30H,1-4H3. The van der Waals surface area contributed by atoms with Crippen molar-refractivity contribution in [1.29, 1.82) is 0 Å². The Morgan fingerprint density at radius 1 is 0.412 bits per heavy atom. The normalized spacial score (nSPS) is 16.9. The molecule has 246 valence electrons. The van der Waals surface area contributed by atoms with Crippen molar-refractivity contribution in [2.24, 2.45) is 0 Å². The molecular weight excluding hydrogens is 621 g/mol. The minimum Gasteiger partial charge on any atom is -0.399 e. The van der Waals surface area contributed by atoms with Crippen molar-refractivity contribution in [3.63, 3.8) is 0 Å². The van der Waals surface area contributed by atoms with Gasteiger partial charge in [-0.3, -0.25) is 0 Å². The fourth-order valence-electron chi connectivity index (χ4n) is 8.74. The predicted octanol–water partition coefficient (Wildman–Crippen LogP) is 11.0. The van der Waals surface area contributed by atoms with Crippen LogP contribution >= 0.6 is 0 Å². The molecule has 0 bridgehead atoms. The molecule has 1 heterocycles. The lowest BCUT2D eigenvalue weighted by Crippen LogP contribution is -2.41. The van der Waals surface area contributed by atoms with Crippen molar-refractivity contribution in [2.45, 2.75) is 44.3 Å². The molecule has 7 aromatic carbocycles. The first-order valence-corrected chi connectivity index (χ1v) is 17.9. The van der Waals surface area contributed by atoms with E-state index in [1.807, 2.05) is 0 Å². The third-order valence-electron chi connectivity index (χ3n) is 11.9. The molecule has 0 radical (unpaired) electrons. The largest absolute Gasteiger partial charge is 0.494 e. The number of rotatable bonds is 4. The van der Waals surface area contributed by atoms with Gasteiger partial charge in [0, 0.05) is 17.1 Å². The fraction of sp³-hybridized carbons (Fsp3) is 0.149. The number of fused-ring (bicyclic) bond motifs is 11. The predicted molar refractivity (Wildman–Crippen MR) is 211 cm³/mol. The summed E-state index contributed by atoms with van der Waals surface area (Å²) >= 11 is 0. The molecule has 0 N–H and O–H groups in total. The molecule has 1 fully saturated rings. The molecule has 1 aliphatic heterocycles. The molecule has 7 aromatic rings. The molecule has 4 heteroatoms. The van der Waals surface area contributed by atoms with Crippen molar-refractivity contribution in [1.82, 2.24) is 0 Å². The van der Waals surface area contributed by atoms with Crippen LogP contribution < -0.4 is 10.4 Å². The topological polar surface area (TPSA) is 21.7 Å². The van der Waals surface area contributed by atoms with Crippen LogP contribution in [0.25, 0.3) is 33.0 Å². The summed E-state index contributed by atoms with van der Waals surface area (Å²) in [6, 6.07) is 58.1. The maximum atomic E-state index is 6.42. The van der Waals surface area contributed by atoms with Crippen LogP contribution in [0.15, 0.2) is 158 Å². The molecule has 1 saturated heterocycles. The highest BCUT2D eigenvalue weighted by molar-refractivity contribution is 6.62. The van der Waals surface area contributed by atoms with E-state index in [4.69, 9.17) is 9.31 Å². The van der Waals surface area contributed by atoms with E-state index in [2.05, 4.69) is 190 Å². The average molecular weight is 660 g/mol. The van der Waals surface area contributed by atoms with Gasteiger partial charge in [-0.1, -0.05) is 121 Å². The summed E-state index contributed by atoms with van der Waals surface area (Å²) in [4.78, 5) is 2.39. The van der Waals surface area contributed by atoms with Gasteiger partial charge in [0.25, 0.3) is 0 Å². The zero-order chi connectivity index (χ0) is 34.5. The van der Waals surface area contributed by atoms with Gasteiger partial charge in [-0.2, -0.15) is 0 Å². The van der Waals surface area contributed by atoms with Gasteiger partial charge in [-0.05, 0) is 125 Å². The quantitative estimate of drug-likeness (QED) is 0.176. The first kappa shape index (κ1) is 30.4. The van der Waals surface area contributed by atoms with Gasteiger partial charge in [0.1, 0.15) is 0 Å². The Kier molecular flexibility index (Phi) is 6.44. The number of benzene rings is 7. The van der Waals surface area contributed by atoms with Crippen LogP contribution in [-0.2, 0) is 14.7 Å². The van der Waals surface area contributed by atoms with Gasteiger partial charge < -0.3 is 14.2 Å². The van der Waals surface area contributed by atoms with Gasteiger partial charge in [0.05, 0.1) is 16.6 Å². The number of nitrogens with zero attached hydrogens (tertiary/aromatic N) is 1. The van der Waals surface area contributed by atoms with E-state index in [1.54, 1.807) is 0 Å². The number of hydrogen-bond acceptors (Lipinski definition) is 3. The van der Waals surface area contributed by atoms with Crippen molar-refractivity contribution < 1.29 is 9.31 Å². The Morgan fingerprint density at radius 3 is 1.45 bits per heavy atom. The van der Waals surface area contributed by atoms with E-state index in [1.165, 1.54) is 55.3 Å². The Bertz CT molecular complexity index is 2440. The summed E-state index contributed by atoms with van der Waals surface area (Å²) in [6.07, 6.45) is 0. The highest BCUT2D eigenvalue weighted by Crippen LogP contribution is 2.63. The second-order valence-corrected chi connectivity index (χ2v) is 15.2. The third kappa shape index (κ3) is 4.27. The maximum Gasteiger partial charge on any atom is 0.494 e. The van der Waals surface area contributed by atoms with Gasteiger partial charge in [-0.25, -0.2) is 0 Å². The fourth-order valence-corrected chi connectivity index (χ4v) is 8.74. The summed E-state index contributed by atoms with van der Waals surface area (Å²) in [5.41, 5.74) is 13.7. The van der Waals surface area contributed by atoms with Gasteiger partial charge in [0.15, 0.2) is 0 Å². The minimum absolute atomic E-state index is 0.400. The van der Waals surface area contributed by atoms with E-state index >= 15 is 0 Å². The third-order valence-corrected chi connectivity index (χ3v) is 11.9. The Morgan fingerprint density at radius 2 is 0.863 bits per heavy atom. The molecule has 51 heavy (non-hydrogen) atoms. The second kappa shape index (κ2) is 10.8. The van der Waals surface area contributed by atoms with E-state index in [0.717, 1.165) is 22.5 Å². The zero-order valence-corrected chi connectivity index (χ0v) is 29.4. The van der Waals surface area contributed by atoms with Crippen LogP contribution in [0.5, 0.6) is 0 Å². The van der Waals surface area contributed by atoms with Gasteiger partial charge in [0.2, 0.25) is 0 Å². The van der Waals surface area contributed by atoms with Crippen molar-refractivity contribution in [3.8, 4) is 22.3 Å². The van der Waals surface area contributed by atoms with Crippen LogP contribution in [0.1, 0.15) is 49.9 Å². The summed E-state index contributed by atoms with van der Waals surface area (Å²) in [6.45, 7) is 8.40. The monoisotopic (exact) mass is 659 g/mol. The van der Waals surface area contributed by atoms with Crippen molar-refractivity contribution in [3.05, 3.63) is 180 Å². The summed E-state index contributed by atoms with van der Waals surface area (Å²) in [5, 5.41) is 2.43. The number of hydrogen-bond donors (Lipinski definition) is 0. The molecule has 0 amide bonds. The molecule has 3 aliphatic rings. The second-order valence-electron chi connectivity index (χ2n) is 15.2. The molecular formula is C47H38BNO2. The van der Waals surface area contributed by atoms with E-state index < -0.39 is 23.7 Å². The lowest BCUT2D eigenvalue weighted by atomic mass is 9.70.